The number of likely N-dealkylation sites (N-methyl/N-ethyl adjacent to an activating group) is 1. The van der Waals surface area contributed by atoms with Gasteiger partial charge in [0.1, 0.15) is 5.82 Å². The summed E-state index contributed by atoms with van der Waals surface area (Å²) in [6, 6.07) is 14.9. The minimum atomic E-state index is -0.225. The Balaban J connectivity index is 2.28. The first-order valence-electron chi connectivity index (χ1n) is 6.37. The molecule has 0 spiro atoms. The van der Waals surface area contributed by atoms with Gasteiger partial charge in [-0.2, -0.15) is 0 Å². The Hall–Kier alpha value is -1.87. The van der Waals surface area contributed by atoms with Crippen molar-refractivity contribution in [1.29, 1.82) is 0 Å². The second kappa shape index (κ2) is 5.85. The quantitative estimate of drug-likeness (QED) is 0.912. The molecule has 2 rings (SSSR count). The Labute approximate surface area is 113 Å². The van der Waals surface area contributed by atoms with E-state index in [4.69, 9.17) is 5.73 Å². The lowest BCUT2D eigenvalue weighted by molar-refractivity contribution is 0.626. The van der Waals surface area contributed by atoms with Crippen molar-refractivity contribution in [3.05, 3.63) is 65.5 Å². The van der Waals surface area contributed by atoms with E-state index in [1.165, 1.54) is 23.3 Å². The van der Waals surface area contributed by atoms with E-state index >= 15 is 0 Å². The maximum atomic E-state index is 13.0. The summed E-state index contributed by atoms with van der Waals surface area (Å²) >= 11 is 0. The Kier molecular flexibility index (Phi) is 4.17. The molecule has 0 saturated heterocycles. The Morgan fingerprint density at radius 3 is 2.42 bits per heavy atom. The van der Waals surface area contributed by atoms with Crippen molar-refractivity contribution in [2.24, 2.45) is 5.73 Å². The van der Waals surface area contributed by atoms with Crippen molar-refractivity contribution in [3.8, 4) is 0 Å². The van der Waals surface area contributed by atoms with Crippen molar-refractivity contribution < 1.29 is 4.39 Å². The van der Waals surface area contributed by atoms with Gasteiger partial charge in [-0.1, -0.05) is 29.8 Å². The summed E-state index contributed by atoms with van der Waals surface area (Å²) in [5, 5.41) is 0. The summed E-state index contributed by atoms with van der Waals surface area (Å²) in [4.78, 5) is 2.08. The van der Waals surface area contributed by atoms with Crippen LogP contribution in [0.25, 0.3) is 0 Å². The molecule has 0 aromatic heterocycles. The van der Waals surface area contributed by atoms with E-state index in [-0.39, 0.29) is 11.9 Å². The Morgan fingerprint density at radius 1 is 1.16 bits per heavy atom. The van der Waals surface area contributed by atoms with Gasteiger partial charge < -0.3 is 10.6 Å². The molecule has 2 N–H and O–H groups in total. The van der Waals surface area contributed by atoms with Crippen LogP contribution in [0.1, 0.15) is 17.2 Å². The number of hydrogen-bond acceptors (Lipinski definition) is 2. The van der Waals surface area contributed by atoms with Crippen LogP contribution in [0, 0.1) is 12.7 Å². The number of halogens is 1. The van der Waals surface area contributed by atoms with Crippen LogP contribution < -0.4 is 10.6 Å². The van der Waals surface area contributed by atoms with Gasteiger partial charge in [-0.3, -0.25) is 0 Å². The monoisotopic (exact) mass is 258 g/mol. The summed E-state index contributed by atoms with van der Waals surface area (Å²) in [5.74, 6) is -0.225. The van der Waals surface area contributed by atoms with E-state index in [1.54, 1.807) is 12.1 Å². The van der Waals surface area contributed by atoms with Crippen molar-refractivity contribution in [3.63, 3.8) is 0 Å². The van der Waals surface area contributed by atoms with Gasteiger partial charge in [-0.25, -0.2) is 4.39 Å². The molecule has 2 aromatic rings. The van der Waals surface area contributed by atoms with E-state index in [0.717, 1.165) is 5.69 Å². The van der Waals surface area contributed by atoms with E-state index in [0.29, 0.717) is 6.54 Å². The topological polar surface area (TPSA) is 29.3 Å². The van der Waals surface area contributed by atoms with Crippen LogP contribution in [0.4, 0.5) is 10.1 Å². The van der Waals surface area contributed by atoms with Crippen LogP contribution in [0.5, 0.6) is 0 Å². The number of hydrogen-bond donors (Lipinski definition) is 1. The standard InChI is InChI=1S/C16H19FN2/c1-12-4-3-5-13(10-12)16(11-18)19(2)15-8-6-14(17)7-9-15/h3-10,16H,11,18H2,1-2H3. The zero-order chi connectivity index (χ0) is 13.8. The first kappa shape index (κ1) is 13.6. The first-order chi connectivity index (χ1) is 9.11. The van der Waals surface area contributed by atoms with E-state index in [1.807, 2.05) is 13.1 Å². The summed E-state index contributed by atoms with van der Waals surface area (Å²) in [6.45, 7) is 2.58. The molecular weight excluding hydrogens is 239 g/mol. The summed E-state index contributed by atoms with van der Waals surface area (Å²) in [5.41, 5.74) is 9.25. The average molecular weight is 258 g/mol. The molecule has 0 aliphatic heterocycles. The Bertz CT molecular complexity index is 537. The number of benzene rings is 2. The smallest absolute Gasteiger partial charge is 0.123 e. The van der Waals surface area contributed by atoms with Gasteiger partial charge in [0.25, 0.3) is 0 Å². The third kappa shape index (κ3) is 3.12. The highest BCUT2D eigenvalue weighted by molar-refractivity contribution is 5.48. The molecule has 3 heteroatoms. The summed E-state index contributed by atoms with van der Waals surface area (Å²) in [7, 11) is 1.98. The third-order valence-corrected chi connectivity index (χ3v) is 3.35. The number of aryl methyl sites for hydroxylation is 1. The lowest BCUT2D eigenvalue weighted by atomic mass is 10.0. The third-order valence-electron chi connectivity index (χ3n) is 3.35. The second-order valence-corrected chi connectivity index (χ2v) is 4.75. The lowest BCUT2D eigenvalue weighted by Crippen LogP contribution is -2.30. The van der Waals surface area contributed by atoms with Crippen LogP contribution in [-0.2, 0) is 0 Å². The molecule has 19 heavy (non-hydrogen) atoms. The second-order valence-electron chi connectivity index (χ2n) is 4.75. The molecule has 0 aliphatic rings. The van der Waals surface area contributed by atoms with E-state index < -0.39 is 0 Å². The van der Waals surface area contributed by atoms with Crippen molar-refractivity contribution >= 4 is 5.69 Å². The van der Waals surface area contributed by atoms with Gasteiger partial charge in [-0.15, -0.1) is 0 Å². The van der Waals surface area contributed by atoms with Crippen molar-refractivity contribution in [2.75, 3.05) is 18.5 Å². The van der Waals surface area contributed by atoms with Crippen LogP contribution in [0.3, 0.4) is 0 Å². The molecule has 1 unspecified atom stereocenters. The molecular formula is C16H19FN2. The highest BCUT2D eigenvalue weighted by atomic mass is 19.1. The minimum Gasteiger partial charge on any atom is -0.366 e. The molecule has 0 amide bonds. The van der Waals surface area contributed by atoms with Gasteiger partial charge in [0, 0.05) is 19.3 Å². The predicted molar refractivity (Wildman–Crippen MR) is 77.8 cm³/mol. The lowest BCUT2D eigenvalue weighted by Gasteiger charge is -2.29. The number of nitrogens with zero attached hydrogens (tertiary/aromatic N) is 1. The molecule has 100 valence electrons. The molecule has 0 fully saturated rings. The molecule has 2 nitrogen and oxygen atoms in total. The molecule has 0 saturated carbocycles. The molecule has 0 radical (unpaired) electrons. The fourth-order valence-electron chi connectivity index (χ4n) is 2.25. The van der Waals surface area contributed by atoms with Crippen LogP contribution in [0.15, 0.2) is 48.5 Å². The highest BCUT2D eigenvalue weighted by Crippen LogP contribution is 2.25. The van der Waals surface area contributed by atoms with Gasteiger partial charge in [-0.05, 0) is 36.8 Å². The fraction of sp³-hybridized carbons (Fsp3) is 0.250. The van der Waals surface area contributed by atoms with Gasteiger partial charge >= 0.3 is 0 Å². The fourth-order valence-corrected chi connectivity index (χ4v) is 2.25. The highest BCUT2D eigenvalue weighted by Gasteiger charge is 2.16. The maximum Gasteiger partial charge on any atom is 0.123 e. The molecule has 0 aliphatic carbocycles. The largest absolute Gasteiger partial charge is 0.366 e. The number of nitrogens with two attached hydrogens (primary N) is 1. The van der Waals surface area contributed by atoms with Gasteiger partial charge in [0.2, 0.25) is 0 Å². The van der Waals surface area contributed by atoms with Crippen molar-refractivity contribution in [2.45, 2.75) is 13.0 Å². The van der Waals surface area contributed by atoms with E-state index in [9.17, 15) is 4.39 Å². The summed E-state index contributed by atoms with van der Waals surface area (Å²) < 4.78 is 13.0. The molecule has 0 heterocycles. The van der Waals surface area contributed by atoms with Gasteiger partial charge in [0.15, 0.2) is 0 Å². The zero-order valence-corrected chi connectivity index (χ0v) is 11.3. The maximum absolute atomic E-state index is 13.0. The molecule has 0 bridgehead atoms. The normalized spacial score (nSPS) is 12.2. The van der Waals surface area contributed by atoms with E-state index in [2.05, 4.69) is 30.0 Å². The predicted octanol–water partition coefficient (Wildman–Crippen LogP) is 3.27. The number of anilines is 1. The number of rotatable bonds is 4. The molecule has 1 atom stereocenters. The Morgan fingerprint density at radius 2 is 1.84 bits per heavy atom. The van der Waals surface area contributed by atoms with Crippen LogP contribution in [-0.4, -0.2) is 13.6 Å². The zero-order valence-electron chi connectivity index (χ0n) is 11.3. The van der Waals surface area contributed by atoms with Crippen molar-refractivity contribution in [1.82, 2.24) is 0 Å². The SMILES string of the molecule is Cc1cccc(C(CN)N(C)c2ccc(F)cc2)c1. The van der Waals surface area contributed by atoms with Gasteiger partial charge in [0.05, 0.1) is 6.04 Å². The minimum absolute atomic E-state index is 0.0883. The van der Waals surface area contributed by atoms with Crippen LogP contribution >= 0.6 is 0 Å². The van der Waals surface area contributed by atoms with Crippen LogP contribution in [0.2, 0.25) is 0 Å². The average Bonchev–Trinajstić information content (AvgIpc) is 2.40. The first-order valence-corrected chi connectivity index (χ1v) is 6.37. The summed E-state index contributed by atoms with van der Waals surface area (Å²) in [6.07, 6.45) is 0. The molecule has 2 aromatic carbocycles.